The molecule has 1 saturated heterocycles. The van der Waals surface area contributed by atoms with E-state index in [9.17, 15) is 29.3 Å². The first-order valence-corrected chi connectivity index (χ1v) is 13.7. The van der Waals surface area contributed by atoms with Gasteiger partial charge in [0.25, 0.3) is 5.69 Å². The van der Waals surface area contributed by atoms with Crippen molar-refractivity contribution in [1.82, 2.24) is 21.3 Å². The fourth-order valence-electron chi connectivity index (χ4n) is 4.86. The molecule has 1 aliphatic heterocycles. The maximum Gasteiger partial charge on any atom is 0.315 e. The Kier molecular flexibility index (Phi) is 10.2. The number of hydrogen-bond acceptors (Lipinski definition) is 8. The van der Waals surface area contributed by atoms with Crippen molar-refractivity contribution in [1.29, 1.82) is 0 Å². The first-order chi connectivity index (χ1) is 20.3. The Hall–Kier alpha value is -4.84. The van der Waals surface area contributed by atoms with Gasteiger partial charge in [-0.25, -0.2) is 0 Å². The van der Waals surface area contributed by atoms with E-state index in [4.69, 9.17) is 4.74 Å². The zero-order valence-corrected chi connectivity index (χ0v) is 23.0. The van der Waals surface area contributed by atoms with Crippen molar-refractivity contribution in [3.63, 3.8) is 0 Å². The van der Waals surface area contributed by atoms with E-state index >= 15 is 0 Å². The third-order valence-electron chi connectivity index (χ3n) is 7.09. The quantitative estimate of drug-likeness (QED) is 0.0835. The molecule has 1 aliphatic rings. The summed E-state index contributed by atoms with van der Waals surface area (Å²) in [4.78, 5) is 60.9. The number of nitro benzene ring substituents is 1. The Morgan fingerprint density at radius 1 is 0.881 bits per heavy atom. The van der Waals surface area contributed by atoms with Gasteiger partial charge in [-0.2, -0.15) is 0 Å². The van der Waals surface area contributed by atoms with Crippen LogP contribution in [0.25, 0.3) is 10.8 Å². The van der Waals surface area contributed by atoms with Gasteiger partial charge in [0.2, 0.25) is 17.7 Å². The minimum atomic E-state index is -1.20. The van der Waals surface area contributed by atoms with Gasteiger partial charge in [0.15, 0.2) is 0 Å². The Morgan fingerprint density at radius 3 is 2.31 bits per heavy atom. The van der Waals surface area contributed by atoms with E-state index in [0.717, 1.165) is 16.3 Å². The molecular weight excluding hydrogens is 542 g/mol. The highest BCUT2D eigenvalue weighted by molar-refractivity contribution is 5.98. The predicted molar refractivity (Wildman–Crippen MR) is 154 cm³/mol. The van der Waals surface area contributed by atoms with Crippen LogP contribution in [-0.4, -0.2) is 60.3 Å². The largest absolute Gasteiger partial charge is 0.460 e. The number of piperidine rings is 1. The summed E-state index contributed by atoms with van der Waals surface area (Å²) in [7, 11) is 0. The lowest BCUT2D eigenvalue weighted by Gasteiger charge is -2.37. The number of esters is 1. The van der Waals surface area contributed by atoms with Gasteiger partial charge in [0, 0.05) is 25.2 Å². The van der Waals surface area contributed by atoms with Crippen molar-refractivity contribution in [2.75, 3.05) is 26.2 Å². The highest BCUT2D eigenvalue weighted by Crippen LogP contribution is 2.20. The van der Waals surface area contributed by atoms with Crippen LogP contribution >= 0.6 is 0 Å². The third kappa shape index (κ3) is 8.10. The van der Waals surface area contributed by atoms with Crippen LogP contribution in [0.15, 0.2) is 66.7 Å². The molecule has 4 N–H and O–H groups in total. The van der Waals surface area contributed by atoms with Gasteiger partial charge in [-0.15, -0.1) is 0 Å². The molecule has 1 heterocycles. The number of nitro groups is 1. The number of nitrogens with zero attached hydrogens (tertiary/aromatic N) is 1. The zero-order chi connectivity index (χ0) is 30.0. The van der Waals surface area contributed by atoms with Gasteiger partial charge in [0.1, 0.15) is 18.6 Å². The van der Waals surface area contributed by atoms with E-state index in [-0.39, 0.29) is 43.6 Å². The van der Waals surface area contributed by atoms with Crippen molar-refractivity contribution in [2.24, 2.45) is 0 Å². The number of carbonyl (C=O) groups excluding carboxylic acids is 4. The van der Waals surface area contributed by atoms with Gasteiger partial charge >= 0.3 is 5.97 Å². The van der Waals surface area contributed by atoms with E-state index in [1.54, 1.807) is 0 Å². The van der Waals surface area contributed by atoms with Crippen molar-refractivity contribution in [3.05, 3.63) is 88.0 Å². The minimum Gasteiger partial charge on any atom is -0.460 e. The number of ether oxygens (including phenoxy) is 1. The minimum absolute atomic E-state index is 0.0849. The summed E-state index contributed by atoms with van der Waals surface area (Å²) in [6, 6.07) is 19.2. The molecule has 3 aromatic carbocycles. The van der Waals surface area contributed by atoms with Crippen LogP contribution in [0.5, 0.6) is 0 Å². The second-order valence-corrected chi connectivity index (χ2v) is 10.1. The molecular formula is C30H33N5O7. The van der Waals surface area contributed by atoms with Crippen LogP contribution in [-0.2, 0) is 36.9 Å². The normalized spacial score (nSPS) is 14.0. The van der Waals surface area contributed by atoms with E-state index in [0.29, 0.717) is 31.5 Å². The fourth-order valence-corrected chi connectivity index (χ4v) is 4.86. The molecule has 0 aliphatic carbocycles. The van der Waals surface area contributed by atoms with Gasteiger partial charge < -0.3 is 26.0 Å². The Morgan fingerprint density at radius 2 is 1.57 bits per heavy atom. The summed E-state index contributed by atoms with van der Waals surface area (Å²) in [5, 5.41) is 24.3. The summed E-state index contributed by atoms with van der Waals surface area (Å²) < 4.78 is 5.13. The molecule has 3 amide bonds. The summed E-state index contributed by atoms with van der Waals surface area (Å²) in [5.41, 5.74) is 0.164. The molecule has 0 bridgehead atoms. The maximum atomic E-state index is 13.2. The molecule has 0 radical (unpaired) electrons. The van der Waals surface area contributed by atoms with Crippen LogP contribution in [0.1, 0.15) is 30.4 Å². The molecule has 0 unspecified atom stereocenters. The van der Waals surface area contributed by atoms with Crippen LogP contribution in [0.2, 0.25) is 0 Å². The van der Waals surface area contributed by atoms with Gasteiger partial charge in [-0.1, -0.05) is 42.5 Å². The van der Waals surface area contributed by atoms with Crippen molar-refractivity contribution in [3.8, 4) is 0 Å². The molecule has 0 spiro atoms. The molecule has 0 aromatic heterocycles. The Bertz CT molecular complexity index is 1450. The lowest BCUT2D eigenvalue weighted by Crippen LogP contribution is -2.63. The van der Waals surface area contributed by atoms with E-state index < -0.39 is 28.8 Å². The molecule has 1 fully saturated rings. The summed E-state index contributed by atoms with van der Waals surface area (Å²) in [6.45, 7) is 1.24. The standard InChI is InChI=1S/C30H33N5O7/c36-26(18-23-6-3-5-22-4-1-2-7-25(22)23)32-16-17-33-29(39)30(12-14-31-15-13-30)34-27(37)19-28(38)42-20-21-8-10-24(11-9-21)35(40)41/h1-11,31H,12-20H2,(H,32,36)(H,33,39)(H,34,37). The number of nitrogens with one attached hydrogen (secondary N) is 4. The topological polar surface area (TPSA) is 169 Å². The first kappa shape index (κ1) is 30.1. The lowest BCUT2D eigenvalue weighted by molar-refractivity contribution is -0.384. The number of amides is 3. The van der Waals surface area contributed by atoms with Gasteiger partial charge in [0.05, 0.1) is 11.3 Å². The van der Waals surface area contributed by atoms with E-state index in [1.807, 2.05) is 42.5 Å². The van der Waals surface area contributed by atoms with Crippen LogP contribution in [0.3, 0.4) is 0 Å². The molecule has 4 rings (SSSR count). The molecule has 12 heteroatoms. The number of hydrogen-bond donors (Lipinski definition) is 4. The highest BCUT2D eigenvalue weighted by Gasteiger charge is 2.41. The zero-order valence-electron chi connectivity index (χ0n) is 23.0. The second-order valence-electron chi connectivity index (χ2n) is 10.1. The number of rotatable bonds is 12. The average molecular weight is 576 g/mol. The summed E-state index contributed by atoms with van der Waals surface area (Å²) in [5.74, 6) is -1.99. The second kappa shape index (κ2) is 14.2. The lowest BCUT2D eigenvalue weighted by atomic mass is 9.87. The van der Waals surface area contributed by atoms with Crippen LogP contribution in [0.4, 0.5) is 5.69 Å². The molecule has 12 nitrogen and oxygen atoms in total. The smallest absolute Gasteiger partial charge is 0.315 e. The van der Waals surface area contributed by atoms with Crippen molar-refractivity contribution in [2.45, 2.75) is 37.8 Å². The SMILES string of the molecule is O=C(Cc1cccc2ccccc12)NCCNC(=O)C1(NC(=O)CC(=O)OCc2ccc([N+](=O)[O-])cc2)CCNCC1. The molecule has 3 aromatic rings. The van der Waals surface area contributed by atoms with Crippen LogP contribution in [0, 0.1) is 10.1 Å². The van der Waals surface area contributed by atoms with Gasteiger partial charge in [-0.05, 0) is 60.0 Å². The van der Waals surface area contributed by atoms with Crippen LogP contribution < -0.4 is 21.3 Å². The Labute approximate surface area is 242 Å². The molecule has 0 atom stereocenters. The number of carbonyl (C=O) groups is 4. The monoisotopic (exact) mass is 575 g/mol. The number of benzene rings is 3. The number of non-ortho nitro benzene ring substituents is 1. The average Bonchev–Trinajstić information content (AvgIpc) is 2.99. The molecule has 42 heavy (non-hydrogen) atoms. The van der Waals surface area contributed by atoms with E-state index in [1.165, 1.54) is 24.3 Å². The highest BCUT2D eigenvalue weighted by atomic mass is 16.6. The van der Waals surface area contributed by atoms with Crippen molar-refractivity contribution < 1.29 is 28.8 Å². The fraction of sp³-hybridized carbons (Fsp3) is 0.333. The first-order valence-electron chi connectivity index (χ1n) is 13.7. The third-order valence-corrected chi connectivity index (χ3v) is 7.09. The van der Waals surface area contributed by atoms with Crippen molar-refractivity contribution >= 4 is 40.2 Å². The van der Waals surface area contributed by atoms with Gasteiger partial charge in [-0.3, -0.25) is 29.3 Å². The number of fused-ring (bicyclic) bond motifs is 1. The molecule has 220 valence electrons. The summed E-state index contributed by atoms with van der Waals surface area (Å²) in [6.07, 6.45) is 0.284. The Balaban J connectivity index is 1.23. The molecule has 0 saturated carbocycles. The maximum absolute atomic E-state index is 13.2. The van der Waals surface area contributed by atoms with E-state index in [2.05, 4.69) is 21.3 Å². The predicted octanol–water partition coefficient (Wildman–Crippen LogP) is 1.89. The summed E-state index contributed by atoms with van der Waals surface area (Å²) >= 11 is 0.